The van der Waals surface area contributed by atoms with E-state index in [1.165, 1.54) is 18.0 Å². The topological polar surface area (TPSA) is 60.2 Å². The molecule has 0 N–H and O–H groups in total. The number of pyridine rings is 1. The third-order valence-electron chi connectivity index (χ3n) is 11.3. The molecule has 0 atom stereocenters. The number of nitrogens with zero attached hydrogens (tertiary/aromatic N) is 4. The average Bonchev–Trinajstić information content (AvgIpc) is 3.56. The van der Waals surface area contributed by atoms with Crippen molar-refractivity contribution in [2.24, 2.45) is 11.3 Å². The van der Waals surface area contributed by atoms with Gasteiger partial charge in [-0.15, -0.1) is 0 Å². The maximum Gasteiger partial charge on any atom is 0.413 e. The molecule has 2 bridgehead atoms. The van der Waals surface area contributed by atoms with Crippen LogP contribution in [-0.4, -0.2) is 40.5 Å². The van der Waals surface area contributed by atoms with Crippen LogP contribution < -0.4 is 9.64 Å². The molecule has 4 aliphatic carbocycles. The molecule has 0 unspecified atom stereocenters. The number of halogens is 3. The number of carbonyl (C=O) groups excluding carboxylic acids is 1. The molecule has 4 aliphatic rings. The lowest BCUT2D eigenvalue weighted by Gasteiger charge is -2.55. The second kappa shape index (κ2) is 11.8. The minimum Gasteiger partial charge on any atom is -0.496 e. The Balaban J connectivity index is 1.27. The number of aryl methyl sites for hydroxylation is 1. The maximum absolute atomic E-state index is 14.3. The lowest BCUT2D eigenvalue weighted by Crippen LogP contribution is -2.51. The number of rotatable bonds is 8. The maximum atomic E-state index is 14.3. The fourth-order valence-corrected chi connectivity index (χ4v) is 7.97. The van der Waals surface area contributed by atoms with Crippen molar-refractivity contribution in [1.82, 2.24) is 14.8 Å². The Labute approximate surface area is 264 Å². The van der Waals surface area contributed by atoms with E-state index in [1.807, 2.05) is 11.0 Å². The third kappa shape index (κ3) is 5.87. The van der Waals surface area contributed by atoms with Crippen LogP contribution in [0.1, 0.15) is 95.6 Å². The van der Waals surface area contributed by atoms with Gasteiger partial charge in [-0.1, -0.05) is 31.4 Å². The first-order chi connectivity index (χ1) is 21.4. The molecule has 45 heavy (non-hydrogen) atoms. The number of benzene rings is 1. The van der Waals surface area contributed by atoms with Crippen molar-refractivity contribution in [3.63, 3.8) is 0 Å². The Hall–Kier alpha value is -3.36. The summed E-state index contributed by atoms with van der Waals surface area (Å²) in [6.07, 6.45) is 11.6. The first kappa shape index (κ1) is 31.6. The van der Waals surface area contributed by atoms with Gasteiger partial charge < -0.3 is 4.74 Å². The van der Waals surface area contributed by atoms with E-state index in [4.69, 9.17) is 9.72 Å². The zero-order chi connectivity index (χ0) is 32.0. The lowest BCUT2D eigenvalue weighted by atomic mass is 9.51. The molecule has 0 aliphatic heterocycles. The van der Waals surface area contributed by atoms with Gasteiger partial charge in [0.05, 0.1) is 13.3 Å². The van der Waals surface area contributed by atoms with E-state index in [2.05, 4.69) is 30.2 Å². The van der Waals surface area contributed by atoms with Crippen molar-refractivity contribution in [1.29, 1.82) is 0 Å². The minimum atomic E-state index is -4.45. The van der Waals surface area contributed by atoms with Crippen LogP contribution in [0.15, 0.2) is 48.9 Å². The summed E-state index contributed by atoms with van der Waals surface area (Å²) >= 11 is 0. The van der Waals surface area contributed by atoms with E-state index in [-0.39, 0.29) is 22.7 Å². The Morgan fingerprint density at radius 3 is 2.31 bits per heavy atom. The highest BCUT2D eigenvalue weighted by Gasteiger charge is 2.51. The van der Waals surface area contributed by atoms with Crippen LogP contribution in [0.5, 0.6) is 5.75 Å². The van der Waals surface area contributed by atoms with Crippen molar-refractivity contribution in [3.8, 4) is 16.9 Å². The van der Waals surface area contributed by atoms with Crippen molar-refractivity contribution >= 4 is 11.7 Å². The third-order valence-corrected chi connectivity index (χ3v) is 11.3. The molecular weight excluding hydrogens is 577 g/mol. The highest BCUT2D eigenvalue weighted by molar-refractivity contribution is 5.95. The molecule has 6 nitrogen and oxygen atoms in total. The fraction of sp³-hybridized carbons (Fsp3) is 0.583. The molecule has 7 rings (SSSR count). The zero-order valence-corrected chi connectivity index (χ0v) is 26.9. The average molecular weight is 623 g/mol. The lowest BCUT2D eigenvalue weighted by molar-refractivity contribution is -0.205. The van der Waals surface area contributed by atoms with Gasteiger partial charge in [-0.05, 0) is 118 Å². The quantitative estimate of drug-likeness (QED) is 0.252. The SMILES string of the molecule is COc1ccc(C23CCC(CN(C(=O)C4CCCCC4)c4cc(-c5cnn(C(C)(C)C(F)(F)F)c5)ccn4)(CC2)CC3)cc1C. The second-order valence-corrected chi connectivity index (χ2v) is 14.4. The predicted molar refractivity (Wildman–Crippen MR) is 169 cm³/mol. The van der Waals surface area contributed by atoms with Crippen LogP contribution in [0.4, 0.5) is 19.0 Å². The number of carbonyl (C=O) groups is 1. The Morgan fingerprint density at radius 2 is 1.69 bits per heavy atom. The number of amides is 1. The van der Waals surface area contributed by atoms with E-state index in [0.29, 0.717) is 23.5 Å². The molecule has 1 aromatic carbocycles. The van der Waals surface area contributed by atoms with Crippen LogP contribution in [-0.2, 0) is 15.7 Å². The fourth-order valence-electron chi connectivity index (χ4n) is 7.97. The van der Waals surface area contributed by atoms with Gasteiger partial charge >= 0.3 is 6.18 Å². The van der Waals surface area contributed by atoms with Crippen LogP contribution in [0, 0.1) is 18.3 Å². The van der Waals surface area contributed by atoms with Gasteiger partial charge in [0.25, 0.3) is 0 Å². The standard InChI is InChI=1S/C36H45F3N4O2/c1-25-20-29(10-11-30(25)45-4)35-16-13-34(14-17-35,15-18-35)24-42(32(44)26-8-6-5-7-9-26)31-21-27(12-19-40-31)28-22-41-43(23-28)33(2,3)36(37,38)39/h10-12,19-23,26H,5-9,13-18,24H2,1-4H3. The number of fused-ring (bicyclic) bond motifs is 3. The zero-order valence-electron chi connectivity index (χ0n) is 26.9. The molecule has 4 fully saturated rings. The van der Waals surface area contributed by atoms with Crippen molar-refractivity contribution < 1.29 is 22.7 Å². The summed E-state index contributed by atoms with van der Waals surface area (Å²) in [6.45, 7) is 4.96. The first-order valence-electron chi connectivity index (χ1n) is 16.4. The van der Waals surface area contributed by atoms with E-state index >= 15 is 0 Å². The molecule has 1 amide bonds. The Kier molecular flexibility index (Phi) is 8.27. The normalized spacial score (nSPS) is 24.1. The number of alkyl halides is 3. The molecule has 2 aromatic heterocycles. The van der Waals surface area contributed by atoms with Gasteiger partial charge in [-0.2, -0.15) is 18.3 Å². The smallest absolute Gasteiger partial charge is 0.413 e. The molecule has 2 heterocycles. The largest absolute Gasteiger partial charge is 0.496 e. The van der Waals surface area contributed by atoms with Gasteiger partial charge in [0, 0.05) is 30.4 Å². The van der Waals surface area contributed by atoms with Gasteiger partial charge in [-0.3, -0.25) is 14.4 Å². The van der Waals surface area contributed by atoms with E-state index in [0.717, 1.165) is 100 Å². The monoisotopic (exact) mass is 622 g/mol. The molecule has 3 aromatic rings. The first-order valence-corrected chi connectivity index (χ1v) is 16.4. The van der Waals surface area contributed by atoms with E-state index in [9.17, 15) is 18.0 Å². The van der Waals surface area contributed by atoms with E-state index in [1.54, 1.807) is 19.4 Å². The van der Waals surface area contributed by atoms with E-state index < -0.39 is 11.7 Å². The highest BCUT2D eigenvalue weighted by atomic mass is 19.4. The van der Waals surface area contributed by atoms with Gasteiger partial charge in [0.15, 0.2) is 5.54 Å². The molecule has 0 saturated heterocycles. The number of hydrogen-bond donors (Lipinski definition) is 0. The molecule has 4 saturated carbocycles. The highest BCUT2D eigenvalue weighted by Crippen LogP contribution is 2.58. The number of methoxy groups -OCH3 is 1. The Morgan fingerprint density at radius 1 is 1.00 bits per heavy atom. The van der Waals surface area contributed by atoms with Gasteiger partial charge in [0.2, 0.25) is 5.91 Å². The van der Waals surface area contributed by atoms with Gasteiger partial charge in [-0.25, -0.2) is 4.98 Å². The molecule has 242 valence electrons. The molecule has 0 spiro atoms. The van der Waals surface area contributed by atoms with Gasteiger partial charge in [0.1, 0.15) is 11.6 Å². The van der Waals surface area contributed by atoms with Crippen LogP contribution in [0.3, 0.4) is 0 Å². The van der Waals surface area contributed by atoms with Crippen molar-refractivity contribution in [3.05, 3.63) is 60.0 Å². The summed E-state index contributed by atoms with van der Waals surface area (Å²) in [6, 6.07) is 10.3. The number of ether oxygens (including phenoxy) is 1. The van der Waals surface area contributed by atoms with Crippen LogP contribution in [0.25, 0.3) is 11.1 Å². The summed E-state index contributed by atoms with van der Waals surface area (Å²) in [5.41, 5.74) is 1.86. The van der Waals surface area contributed by atoms with Crippen molar-refractivity contribution in [2.45, 2.75) is 109 Å². The summed E-state index contributed by atoms with van der Waals surface area (Å²) in [5, 5.41) is 4.07. The number of hydrogen-bond acceptors (Lipinski definition) is 4. The van der Waals surface area contributed by atoms with Crippen LogP contribution in [0.2, 0.25) is 0 Å². The number of anilines is 1. The van der Waals surface area contributed by atoms with Crippen molar-refractivity contribution in [2.75, 3.05) is 18.6 Å². The number of aromatic nitrogens is 3. The molecule has 9 heteroatoms. The Bertz CT molecular complexity index is 1510. The second-order valence-electron chi connectivity index (χ2n) is 14.4. The summed E-state index contributed by atoms with van der Waals surface area (Å²) in [7, 11) is 1.71. The molecule has 0 radical (unpaired) electrons. The predicted octanol–water partition coefficient (Wildman–Crippen LogP) is 8.77. The summed E-state index contributed by atoms with van der Waals surface area (Å²) in [4.78, 5) is 20.9. The molecular formula is C36H45F3N4O2. The summed E-state index contributed by atoms with van der Waals surface area (Å²) in [5.74, 6) is 1.60. The minimum absolute atomic E-state index is 0.0207. The van der Waals surface area contributed by atoms with Crippen LogP contribution >= 0.6 is 0 Å². The summed E-state index contributed by atoms with van der Waals surface area (Å²) < 4.78 is 47.6.